The molecule has 1 aromatic rings. The van der Waals surface area contributed by atoms with Gasteiger partial charge in [0.05, 0.1) is 5.56 Å². The van der Waals surface area contributed by atoms with E-state index in [2.05, 4.69) is 10.6 Å². The van der Waals surface area contributed by atoms with Crippen LogP contribution in [0.5, 0.6) is 0 Å². The molecule has 18 heavy (non-hydrogen) atoms. The van der Waals surface area contributed by atoms with Gasteiger partial charge in [0.25, 0.3) is 5.91 Å². The van der Waals surface area contributed by atoms with Gasteiger partial charge in [0.1, 0.15) is 6.04 Å². The average molecular weight is 249 g/mol. The Balaban J connectivity index is 2.80. The van der Waals surface area contributed by atoms with Gasteiger partial charge in [-0.3, -0.25) is 9.59 Å². The normalized spacial score (nSPS) is 11.7. The third-order valence-electron chi connectivity index (χ3n) is 2.62. The zero-order valence-electron chi connectivity index (χ0n) is 10.9. The third kappa shape index (κ3) is 3.23. The summed E-state index contributed by atoms with van der Waals surface area (Å²) in [5.74, 6) is -0.539. The summed E-state index contributed by atoms with van der Waals surface area (Å²) in [6.45, 7) is 5.80. The Hall–Kier alpha value is -2.04. The van der Waals surface area contributed by atoms with Gasteiger partial charge in [0.2, 0.25) is 5.91 Å². The molecule has 0 aliphatic heterocycles. The highest BCUT2D eigenvalue weighted by atomic mass is 16.2. The predicted octanol–water partition coefficient (Wildman–Crippen LogP) is 0.832. The molecule has 98 valence electrons. The molecule has 0 radical (unpaired) electrons. The maximum atomic E-state index is 12.0. The Bertz CT molecular complexity index is 437. The van der Waals surface area contributed by atoms with Crippen molar-refractivity contribution in [3.63, 3.8) is 0 Å². The lowest BCUT2D eigenvalue weighted by Gasteiger charge is -2.15. The van der Waals surface area contributed by atoms with Gasteiger partial charge in [-0.05, 0) is 32.4 Å². The van der Waals surface area contributed by atoms with Crippen molar-refractivity contribution in [2.45, 2.75) is 26.8 Å². The Morgan fingerprint density at radius 3 is 2.61 bits per heavy atom. The van der Waals surface area contributed by atoms with Gasteiger partial charge in [-0.15, -0.1) is 0 Å². The van der Waals surface area contributed by atoms with Crippen molar-refractivity contribution >= 4 is 17.5 Å². The standard InChI is InChI=1S/C13H19N3O2/c1-4-15-12(17)9(3)16-13(18)11-8(2)6-5-7-10(11)14/h5-7,9H,4,14H2,1-3H3,(H,15,17)(H,16,18). The van der Waals surface area contributed by atoms with Gasteiger partial charge in [0.15, 0.2) is 0 Å². The molecule has 0 saturated carbocycles. The SMILES string of the molecule is CCNC(=O)C(C)NC(=O)c1c(C)cccc1N. The first kappa shape index (κ1) is 14.0. The number of rotatable bonds is 4. The predicted molar refractivity (Wildman–Crippen MR) is 71.2 cm³/mol. The molecule has 1 aromatic carbocycles. The monoisotopic (exact) mass is 249 g/mol. The van der Waals surface area contributed by atoms with E-state index in [0.29, 0.717) is 17.8 Å². The van der Waals surface area contributed by atoms with Crippen molar-refractivity contribution in [3.8, 4) is 0 Å². The number of nitrogens with two attached hydrogens (primary N) is 1. The maximum absolute atomic E-state index is 12.0. The molecule has 5 nitrogen and oxygen atoms in total. The smallest absolute Gasteiger partial charge is 0.254 e. The lowest BCUT2D eigenvalue weighted by Crippen LogP contribution is -2.45. The molecular weight excluding hydrogens is 230 g/mol. The van der Waals surface area contributed by atoms with Gasteiger partial charge in [0, 0.05) is 12.2 Å². The molecule has 4 N–H and O–H groups in total. The number of hydrogen-bond donors (Lipinski definition) is 3. The highest BCUT2D eigenvalue weighted by Crippen LogP contribution is 2.15. The van der Waals surface area contributed by atoms with Crippen LogP contribution in [0.15, 0.2) is 18.2 Å². The molecule has 0 saturated heterocycles. The van der Waals surface area contributed by atoms with Crippen molar-refractivity contribution in [2.24, 2.45) is 0 Å². The van der Waals surface area contributed by atoms with Crippen LogP contribution < -0.4 is 16.4 Å². The number of carbonyl (C=O) groups excluding carboxylic acids is 2. The van der Waals surface area contributed by atoms with Crippen LogP contribution in [-0.4, -0.2) is 24.4 Å². The topological polar surface area (TPSA) is 84.2 Å². The van der Waals surface area contributed by atoms with E-state index in [1.165, 1.54) is 0 Å². The minimum atomic E-state index is -0.587. The van der Waals surface area contributed by atoms with Crippen LogP contribution in [0, 0.1) is 6.92 Å². The molecule has 0 bridgehead atoms. The van der Waals surface area contributed by atoms with E-state index in [1.807, 2.05) is 19.9 Å². The molecule has 0 heterocycles. The summed E-state index contributed by atoms with van der Waals surface area (Å²) in [4.78, 5) is 23.6. The number of amides is 2. The van der Waals surface area contributed by atoms with Gasteiger partial charge >= 0.3 is 0 Å². The fourth-order valence-electron chi connectivity index (χ4n) is 1.66. The number of likely N-dealkylation sites (N-methyl/N-ethyl adjacent to an activating group) is 1. The fourth-order valence-corrected chi connectivity index (χ4v) is 1.66. The number of aryl methyl sites for hydroxylation is 1. The summed E-state index contributed by atoms with van der Waals surface area (Å²) >= 11 is 0. The molecule has 5 heteroatoms. The number of carbonyl (C=O) groups is 2. The van der Waals surface area contributed by atoms with Crippen molar-refractivity contribution < 1.29 is 9.59 Å². The van der Waals surface area contributed by atoms with E-state index < -0.39 is 6.04 Å². The Kier molecular flexibility index (Phi) is 4.71. The average Bonchev–Trinajstić information content (AvgIpc) is 2.28. The zero-order valence-corrected chi connectivity index (χ0v) is 10.9. The van der Waals surface area contributed by atoms with Crippen LogP contribution in [0.1, 0.15) is 29.8 Å². The molecular formula is C13H19N3O2. The third-order valence-corrected chi connectivity index (χ3v) is 2.62. The lowest BCUT2D eigenvalue weighted by atomic mass is 10.1. The first-order valence-corrected chi connectivity index (χ1v) is 5.91. The summed E-state index contributed by atoms with van der Waals surface area (Å²) in [6.07, 6.45) is 0. The van der Waals surface area contributed by atoms with E-state index in [9.17, 15) is 9.59 Å². The second-order valence-corrected chi connectivity index (χ2v) is 4.13. The van der Waals surface area contributed by atoms with E-state index in [-0.39, 0.29) is 11.8 Å². The van der Waals surface area contributed by atoms with Crippen molar-refractivity contribution in [2.75, 3.05) is 12.3 Å². The Morgan fingerprint density at radius 2 is 2.06 bits per heavy atom. The summed E-state index contributed by atoms with van der Waals surface area (Å²) in [5.41, 5.74) is 7.40. The minimum absolute atomic E-state index is 0.210. The molecule has 1 atom stereocenters. The van der Waals surface area contributed by atoms with Crippen LogP contribution in [-0.2, 0) is 4.79 Å². The number of nitrogens with one attached hydrogen (secondary N) is 2. The van der Waals surface area contributed by atoms with Crippen LogP contribution in [0.25, 0.3) is 0 Å². The summed E-state index contributed by atoms with van der Waals surface area (Å²) in [7, 11) is 0. The van der Waals surface area contributed by atoms with Crippen molar-refractivity contribution in [1.82, 2.24) is 10.6 Å². The van der Waals surface area contributed by atoms with Crippen LogP contribution in [0.4, 0.5) is 5.69 Å². The summed E-state index contributed by atoms with van der Waals surface area (Å²) in [6, 6.07) is 4.67. The molecule has 0 spiro atoms. The molecule has 0 aromatic heterocycles. The van der Waals surface area contributed by atoms with Gasteiger partial charge in [-0.25, -0.2) is 0 Å². The minimum Gasteiger partial charge on any atom is -0.398 e. The molecule has 0 fully saturated rings. The largest absolute Gasteiger partial charge is 0.398 e. The van der Waals surface area contributed by atoms with E-state index in [4.69, 9.17) is 5.73 Å². The number of benzene rings is 1. The Morgan fingerprint density at radius 1 is 1.39 bits per heavy atom. The molecule has 0 aliphatic rings. The van der Waals surface area contributed by atoms with Crippen LogP contribution in [0.2, 0.25) is 0 Å². The molecule has 0 aliphatic carbocycles. The summed E-state index contributed by atoms with van der Waals surface area (Å²) < 4.78 is 0. The van der Waals surface area contributed by atoms with Gasteiger partial charge < -0.3 is 16.4 Å². The highest BCUT2D eigenvalue weighted by Gasteiger charge is 2.18. The molecule has 2 amide bonds. The first-order valence-electron chi connectivity index (χ1n) is 5.91. The lowest BCUT2D eigenvalue weighted by molar-refractivity contribution is -0.122. The number of anilines is 1. The van der Waals surface area contributed by atoms with Crippen LogP contribution in [0.3, 0.4) is 0 Å². The first-order chi connectivity index (χ1) is 8.47. The van der Waals surface area contributed by atoms with E-state index >= 15 is 0 Å². The van der Waals surface area contributed by atoms with Crippen molar-refractivity contribution in [1.29, 1.82) is 0 Å². The Labute approximate surface area is 107 Å². The number of nitrogen functional groups attached to an aromatic ring is 1. The second-order valence-electron chi connectivity index (χ2n) is 4.13. The zero-order chi connectivity index (χ0) is 13.7. The summed E-state index contributed by atoms with van der Waals surface area (Å²) in [5, 5.41) is 5.28. The highest BCUT2D eigenvalue weighted by molar-refractivity contribution is 6.02. The molecule has 1 unspecified atom stereocenters. The number of hydrogen-bond acceptors (Lipinski definition) is 3. The quantitative estimate of drug-likeness (QED) is 0.691. The fraction of sp³-hybridized carbons (Fsp3) is 0.385. The van der Waals surface area contributed by atoms with Crippen LogP contribution >= 0.6 is 0 Å². The van der Waals surface area contributed by atoms with E-state index in [0.717, 1.165) is 5.56 Å². The van der Waals surface area contributed by atoms with Crippen molar-refractivity contribution in [3.05, 3.63) is 29.3 Å². The van der Waals surface area contributed by atoms with E-state index in [1.54, 1.807) is 19.1 Å². The van der Waals surface area contributed by atoms with Gasteiger partial charge in [-0.2, -0.15) is 0 Å². The van der Waals surface area contributed by atoms with Gasteiger partial charge in [-0.1, -0.05) is 12.1 Å². The maximum Gasteiger partial charge on any atom is 0.254 e. The molecule has 1 rings (SSSR count). The second kappa shape index (κ2) is 6.05.